The second-order valence-electron chi connectivity index (χ2n) is 7.01. The van der Waals surface area contributed by atoms with Crippen molar-refractivity contribution in [2.75, 3.05) is 0 Å². The van der Waals surface area contributed by atoms with Crippen LogP contribution in [0.5, 0.6) is 0 Å². The molecule has 0 bridgehead atoms. The van der Waals surface area contributed by atoms with Gasteiger partial charge < -0.3 is 4.57 Å². The van der Waals surface area contributed by atoms with Crippen LogP contribution in [0.25, 0.3) is 22.7 Å². The first kappa shape index (κ1) is 16.4. The molecule has 0 radical (unpaired) electrons. The smallest absolute Gasteiger partial charge is 0.0534 e. The Bertz CT molecular complexity index is 1080. The number of para-hydroxylation sites is 1. The van der Waals surface area contributed by atoms with Gasteiger partial charge in [0.1, 0.15) is 0 Å². The Morgan fingerprint density at radius 1 is 0.731 bits per heavy atom. The Kier molecular flexibility index (Phi) is 4.22. The van der Waals surface area contributed by atoms with Gasteiger partial charge in [-0.1, -0.05) is 77.9 Å². The Morgan fingerprint density at radius 3 is 2.04 bits per heavy atom. The van der Waals surface area contributed by atoms with Gasteiger partial charge in [0.15, 0.2) is 0 Å². The van der Waals surface area contributed by atoms with Crippen molar-refractivity contribution in [3.05, 3.63) is 107 Å². The van der Waals surface area contributed by atoms with E-state index in [1.165, 1.54) is 44.4 Å². The SMILES string of the molecule is Cc1ccc(/C=C(/c2ccc(C)cc2)n2cc(C)c3ccccc32)cc1. The summed E-state index contributed by atoms with van der Waals surface area (Å²) in [7, 11) is 0. The van der Waals surface area contributed by atoms with Gasteiger partial charge in [-0.05, 0) is 49.6 Å². The van der Waals surface area contributed by atoms with Crippen LogP contribution < -0.4 is 0 Å². The minimum absolute atomic E-state index is 1.19. The lowest BCUT2D eigenvalue weighted by molar-refractivity contribution is 1.16. The second-order valence-corrected chi connectivity index (χ2v) is 7.01. The third-order valence-corrected chi connectivity index (χ3v) is 4.90. The Labute approximate surface area is 155 Å². The lowest BCUT2D eigenvalue weighted by atomic mass is 10.1. The van der Waals surface area contributed by atoms with Crippen LogP contribution in [0, 0.1) is 20.8 Å². The summed E-state index contributed by atoms with van der Waals surface area (Å²) in [6.07, 6.45) is 4.51. The van der Waals surface area contributed by atoms with Crippen molar-refractivity contribution < 1.29 is 0 Å². The Hall–Kier alpha value is -3.06. The summed E-state index contributed by atoms with van der Waals surface area (Å²) in [6.45, 7) is 6.43. The van der Waals surface area contributed by atoms with Gasteiger partial charge in [0.05, 0.1) is 11.2 Å². The van der Waals surface area contributed by atoms with Crippen molar-refractivity contribution in [1.82, 2.24) is 4.57 Å². The number of fused-ring (bicyclic) bond motifs is 1. The average molecular weight is 337 g/mol. The number of hydrogen-bond acceptors (Lipinski definition) is 0. The summed E-state index contributed by atoms with van der Waals surface area (Å²) < 4.78 is 2.31. The maximum atomic E-state index is 2.31. The van der Waals surface area contributed by atoms with Gasteiger partial charge >= 0.3 is 0 Å². The Balaban J connectivity index is 1.95. The number of benzene rings is 3. The van der Waals surface area contributed by atoms with E-state index in [-0.39, 0.29) is 0 Å². The maximum Gasteiger partial charge on any atom is 0.0534 e. The van der Waals surface area contributed by atoms with E-state index in [1.807, 2.05) is 0 Å². The molecule has 0 aliphatic carbocycles. The first-order valence-electron chi connectivity index (χ1n) is 9.04. The molecule has 0 saturated carbocycles. The topological polar surface area (TPSA) is 4.93 Å². The number of hydrogen-bond donors (Lipinski definition) is 0. The highest BCUT2D eigenvalue weighted by Crippen LogP contribution is 2.29. The van der Waals surface area contributed by atoms with Crippen molar-refractivity contribution in [1.29, 1.82) is 0 Å². The molecule has 0 saturated heterocycles. The third kappa shape index (κ3) is 3.09. The van der Waals surface area contributed by atoms with Crippen LogP contribution in [0.1, 0.15) is 27.8 Å². The molecule has 0 aliphatic rings. The van der Waals surface area contributed by atoms with E-state index in [4.69, 9.17) is 0 Å². The van der Waals surface area contributed by atoms with Gasteiger partial charge in [-0.25, -0.2) is 0 Å². The second kappa shape index (κ2) is 6.68. The summed E-state index contributed by atoms with van der Waals surface area (Å²) >= 11 is 0. The molecule has 0 amide bonds. The molecule has 0 aliphatic heterocycles. The lowest BCUT2D eigenvalue weighted by Crippen LogP contribution is -1.98. The fourth-order valence-electron chi connectivity index (χ4n) is 3.39. The fraction of sp³-hybridized carbons (Fsp3) is 0.120. The highest BCUT2D eigenvalue weighted by Gasteiger charge is 2.11. The maximum absolute atomic E-state index is 2.31. The molecule has 0 spiro atoms. The molecular formula is C25H23N. The van der Waals surface area contributed by atoms with E-state index in [2.05, 4.69) is 110 Å². The van der Waals surface area contributed by atoms with Gasteiger partial charge in [-0.2, -0.15) is 0 Å². The number of rotatable bonds is 3. The molecule has 3 aromatic carbocycles. The van der Waals surface area contributed by atoms with Gasteiger partial charge in [-0.15, -0.1) is 0 Å². The Morgan fingerprint density at radius 2 is 1.35 bits per heavy atom. The molecule has 0 N–H and O–H groups in total. The molecule has 0 atom stereocenters. The van der Waals surface area contributed by atoms with E-state index in [9.17, 15) is 0 Å². The van der Waals surface area contributed by atoms with Crippen molar-refractivity contribution in [3.63, 3.8) is 0 Å². The molecule has 0 unspecified atom stereocenters. The third-order valence-electron chi connectivity index (χ3n) is 4.90. The number of nitrogens with zero attached hydrogens (tertiary/aromatic N) is 1. The first-order chi connectivity index (χ1) is 12.6. The standard InChI is InChI=1S/C25H23N/c1-18-8-12-21(13-9-18)16-25(22-14-10-19(2)11-15-22)26-17-20(3)23-6-4-5-7-24(23)26/h4-17H,1-3H3/b25-16-. The summed E-state index contributed by atoms with van der Waals surface area (Å²) in [5.41, 5.74) is 8.71. The van der Waals surface area contributed by atoms with Crippen LogP contribution in [0.15, 0.2) is 79.0 Å². The lowest BCUT2D eigenvalue weighted by Gasteiger charge is -2.13. The summed E-state index contributed by atoms with van der Waals surface area (Å²) in [6, 6.07) is 26.1. The van der Waals surface area contributed by atoms with E-state index >= 15 is 0 Å². The quantitative estimate of drug-likeness (QED) is 0.371. The zero-order valence-corrected chi connectivity index (χ0v) is 15.5. The minimum Gasteiger partial charge on any atom is -0.316 e. The first-order valence-corrected chi connectivity index (χ1v) is 9.04. The average Bonchev–Trinajstić information content (AvgIpc) is 2.99. The fourth-order valence-corrected chi connectivity index (χ4v) is 3.39. The molecule has 4 rings (SSSR count). The van der Waals surface area contributed by atoms with Crippen molar-refractivity contribution in [3.8, 4) is 0 Å². The normalized spacial score (nSPS) is 11.9. The van der Waals surface area contributed by atoms with E-state index in [0.717, 1.165) is 0 Å². The molecule has 1 aromatic heterocycles. The summed E-state index contributed by atoms with van der Waals surface area (Å²) in [4.78, 5) is 0. The van der Waals surface area contributed by atoms with Crippen molar-refractivity contribution >= 4 is 22.7 Å². The van der Waals surface area contributed by atoms with E-state index < -0.39 is 0 Å². The monoisotopic (exact) mass is 337 g/mol. The minimum atomic E-state index is 1.19. The van der Waals surface area contributed by atoms with Gasteiger partial charge in [-0.3, -0.25) is 0 Å². The number of aryl methyl sites for hydroxylation is 3. The molecular weight excluding hydrogens is 314 g/mol. The predicted octanol–water partition coefficient (Wildman–Crippen LogP) is 6.61. The van der Waals surface area contributed by atoms with Crippen molar-refractivity contribution in [2.24, 2.45) is 0 Å². The molecule has 1 heteroatoms. The van der Waals surface area contributed by atoms with E-state index in [1.54, 1.807) is 0 Å². The highest BCUT2D eigenvalue weighted by atomic mass is 15.0. The van der Waals surface area contributed by atoms with Gasteiger partial charge in [0, 0.05) is 11.6 Å². The molecule has 26 heavy (non-hydrogen) atoms. The largest absolute Gasteiger partial charge is 0.316 e. The zero-order chi connectivity index (χ0) is 18.1. The van der Waals surface area contributed by atoms with Gasteiger partial charge in [0.25, 0.3) is 0 Å². The van der Waals surface area contributed by atoms with Crippen LogP contribution >= 0.6 is 0 Å². The predicted molar refractivity (Wildman–Crippen MR) is 112 cm³/mol. The number of aromatic nitrogens is 1. The molecule has 0 fully saturated rings. The van der Waals surface area contributed by atoms with E-state index in [0.29, 0.717) is 0 Å². The van der Waals surface area contributed by atoms with Crippen LogP contribution in [0.2, 0.25) is 0 Å². The molecule has 128 valence electrons. The van der Waals surface area contributed by atoms with Crippen LogP contribution in [0.3, 0.4) is 0 Å². The zero-order valence-electron chi connectivity index (χ0n) is 15.5. The molecule has 1 nitrogen and oxygen atoms in total. The van der Waals surface area contributed by atoms with Crippen molar-refractivity contribution in [2.45, 2.75) is 20.8 Å². The molecule has 4 aromatic rings. The summed E-state index contributed by atoms with van der Waals surface area (Å²) in [5, 5.41) is 1.30. The summed E-state index contributed by atoms with van der Waals surface area (Å²) in [5.74, 6) is 0. The van der Waals surface area contributed by atoms with Gasteiger partial charge in [0.2, 0.25) is 0 Å². The highest BCUT2D eigenvalue weighted by molar-refractivity contribution is 5.92. The van der Waals surface area contributed by atoms with Crippen LogP contribution in [0.4, 0.5) is 0 Å². The van der Waals surface area contributed by atoms with Crippen LogP contribution in [-0.4, -0.2) is 4.57 Å². The van der Waals surface area contributed by atoms with Crippen LogP contribution in [-0.2, 0) is 0 Å². The molecule has 1 heterocycles.